The number of hydrogen-bond donors (Lipinski definition) is 2. The average molecular weight is 513 g/mol. The predicted molar refractivity (Wildman–Crippen MR) is 141 cm³/mol. The number of thiazole rings is 1. The van der Waals surface area contributed by atoms with Gasteiger partial charge < -0.3 is 20.3 Å². The zero-order valence-electron chi connectivity index (χ0n) is 20.0. The molecule has 0 radical (unpaired) electrons. The molecule has 1 aromatic heterocycles. The zero-order valence-corrected chi connectivity index (χ0v) is 21.6. The van der Waals surface area contributed by atoms with Gasteiger partial charge in [-0.1, -0.05) is 35.9 Å². The van der Waals surface area contributed by atoms with Crippen molar-refractivity contribution in [3.63, 3.8) is 0 Å². The molecule has 7 nitrogen and oxygen atoms in total. The van der Waals surface area contributed by atoms with E-state index >= 15 is 0 Å². The van der Waals surface area contributed by atoms with Crippen molar-refractivity contribution in [2.45, 2.75) is 45.1 Å². The minimum absolute atomic E-state index is 0.245. The number of halogens is 1. The third-order valence-electron chi connectivity index (χ3n) is 5.57. The molecule has 3 aromatic rings. The molecule has 2 aromatic carbocycles. The van der Waals surface area contributed by atoms with E-state index < -0.39 is 5.60 Å². The number of nitrogens with zero attached hydrogens (tertiary/aromatic N) is 2. The molecule has 2 heterocycles. The summed E-state index contributed by atoms with van der Waals surface area (Å²) >= 11 is 7.77. The van der Waals surface area contributed by atoms with Crippen LogP contribution in [0.15, 0.2) is 54.7 Å². The second-order valence-electron chi connectivity index (χ2n) is 9.44. The molecule has 35 heavy (non-hydrogen) atoms. The SMILES string of the molecule is CC(C)(C)OC(=O)N1CCC(c2ncc(-c3ccc(NC(=O)Nc4ccccc4Cl)cc3)s2)CC1. The monoisotopic (exact) mass is 512 g/mol. The van der Waals surface area contributed by atoms with Crippen molar-refractivity contribution in [2.24, 2.45) is 0 Å². The van der Waals surface area contributed by atoms with E-state index in [0.29, 0.717) is 35.4 Å². The maximum Gasteiger partial charge on any atom is 0.410 e. The lowest BCUT2D eigenvalue weighted by molar-refractivity contribution is 0.0205. The smallest absolute Gasteiger partial charge is 0.410 e. The molecule has 0 spiro atoms. The van der Waals surface area contributed by atoms with E-state index in [-0.39, 0.29) is 12.1 Å². The Morgan fingerprint density at radius 3 is 2.40 bits per heavy atom. The highest BCUT2D eigenvalue weighted by atomic mass is 35.5. The van der Waals surface area contributed by atoms with Crippen LogP contribution in [-0.4, -0.2) is 40.7 Å². The van der Waals surface area contributed by atoms with Crippen LogP contribution in [0.4, 0.5) is 21.0 Å². The minimum Gasteiger partial charge on any atom is -0.444 e. The summed E-state index contributed by atoms with van der Waals surface area (Å²) in [7, 11) is 0. The number of aromatic nitrogens is 1. The van der Waals surface area contributed by atoms with E-state index in [1.54, 1.807) is 28.4 Å². The molecule has 4 rings (SSSR count). The van der Waals surface area contributed by atoms with Crippen molar-refractivity contribution in [1.82, 2.24) is 9.88 Å². The van der Waals surface area contributed by atoms with Crippen LogP contribution < -0.4 is 10.6 Å². The number of benzene rings is 2. The highest BCUT2D eigenvalue weighted by Gasteiger charge is 2.28. The van der Waals surface area contributed by atoms with Crippen molar-refractivity contribution in [3.05, 3.63) is 64.8 Å². The van der Waals surface area contributed by atoms with Gasteiger partial charge >= 0.3 is 12.1 Å². The van der Waals surface area contributed by atoms with Crippen molar-refractivity contribution >= 4 is 46.4 Å². The molecule has 2 N–H and O–H groups in total. The van der Waals surface area contributed by atoms with Crippen molar-refractivity contribution in [2.75, 3.05) is 23.7 Å². The van der Waals surface area contributed by atoms with Gasteiger partial charge in [0.1, 0.15) is 5.60 Å². The number of rotatable bonds is 4. The maximum absolute atomic E-state index is 12.3. The molecule has 3 amide bonds. The topological polar surface area (TPSA) is 83.6 Å². The van der Waals surface area contributed by atoms with Gasteiger partial charge in [0.05, 0.1) is 20.6 Å². The number of urea groups is 1. The number of carbonyl (C=O) groups is 2. The lowest BCUT2D eigenvalue weighted by Gasteiger charge is -2.32. The molecule has 184 valence electrons. The van der Waals surface area contributed by atoms with Crippen LogP contribution in [0, 0.1) is 0 Å². The fourth-order valence-electron chi connectivity index (χ4n) is 3.81. The Labute approximate surface area is 214 Å². The molecule has 0 atom stereocenters. The normalized spacial score (nSPS) is 14.5. The summed E-state index contributed by atoms with van der Waals surface area (Å²) in [6, 6.07) is 14.4. The second-order valence-corrected chi connectivity index (χ2v) is 10.9. The third-order valence-corrected chi connectivity index (χ3v) is 7.11. The molecular weight excluding hydrogens is 484 g/mol. The number of hydrogen-bond acceptors (Lipinski definition) is 5. The number of anilines is 2. The van der Waals surface area contributed by atoms with Gasteiger partial charge in [0.25, 0.3) is 0 Å². The van der Waals surface area contributed by atoms with Crippen molar-refractivity contribution in [1.29, 1.82) is 0 Å². The highest BCUT2D eigenvalue weighted by molar-refractivity contribution is 7.15. The van der Waals surface area contributed by atoms with Gasteiger partial charge in [-0.2, -0.15) is 0 Å². The van der Waals surface area contributed by atoms with Gasteiger partial charge in [-0.05, 0) is 63.4 Å². The lowest BCUT2D eigenvalue weighted by atomic mass is 9.98. The summed E-state index contributed by atoms with van der Waals surface area (Å²) in [6.07, 6.45) is 3.39. The third kappa shape index (κ3) is 6.74. The number of para-hydroxylation sites is 1. The van der Waals surface area contributed by atoms with Gasteiger partial charge in [0, 0.05) is 30.9 Å². The zero-order chi connectivity index (χ0) is 25.0. The molecular formula is C26H29ClN4O3S. The fraction of sp³-hybridized carbons (Fsp3) is 0.346. The van der Waals surface area contributed by atoms with Crippen LogP contribution in [-0.2, 0) is 4.74 Å². The quantitative estimate of drug-likeness (QED) is 0.386. The summed E-state index contributed by atoms with van der Waals surface area (Å²) in [4.78, 5) is 32.1. The largest absolute Gasteiger partial charge is 0.444 e. The average Bonchev–Trinajstić information content (AvgIpc) is 3.30. The first kappa shape index (κ1) is 25.0. The number of piperidine rings is 1. The van der Waals surface area contributed by atoms with Crippen molar-refractivity contribution < 1.29 is 14.3 Å². The van der Waals surface area contributed by atoms with Crippen LogP contribution in [0.25, 0.3) is 10.4 Å². The molecule has 9 heteroatoms. The summed E-state index contributed by atoms with van der Waals surface area (Å²) in [5.74, 6) is 0.335. The first-order valence-electron chi connectivity index (χ1n) is 11.5. The number of nitrogens with one attached hydrogen (secondary N) is 2. The van der Waals surface area contributed by atoms with Crippen LogP contribution in [0.2, 0.25) is 5.02 Å². The molecule has 1 fully saturated rings. The summed E-state index contributed by atoms with van der Waals surface area (Å²) in [6.45, 7) is 6.99. The number of carbonyl (C=O) groups excluding carboxylic acids is 2. The summed E-state index contributed by atoms with van der Waals surface area (Å²) in [5, 5.41) is 7.13. The Morgan fingerprint density at radius 1 is 1.06 bits per heavy atom. The molecule has 0 aliphatic carbocycles. The molecule has 0 bridgehead atoms. The van der Waals surface area contributed by atoms with E-state index in [1.807, 2.05) is 63.4 Å². The summed E-state index contributed by atoms with van der Waals surface area (Å²) in [5.41, 5.74) is 1.79. The van der Waals surface area contributed by atoms with E-state index in [1.165, 1.54) is 0 Å². The Balaban J connectivity index is 1.31. The van der Waals surface area contributed by atoms with Crippen LogP contribution in [0.1, 0.15) is 44.5 Å². The molecule has 0 saturated carbocycles. The maximum atomic E-state index is 12.3. The van der Waals surface area contributed by atoms with Gasteiger partial charge in [0.2, 0.25) is 0 Å². The Kier molecular flexibility index (Phi) is 7.62. The molecule has 0 unspecified atom stereocenters. The van der Waals surface area contributed by atoms with Crippen LogP contribution >= 0.6 is 22.9 Å². The van der Waals surface area contributed by atoms with Crippen molar-refractivity contribution in [3.8, 4) is 10.4 Å². The number of amides is 3. The molecule has 1 saturated heterocycles. The Hall–Kier alpha value is -3.10. The predicted octanol–water partition coefficient (Wildman–Crippen LogP) is 7.22. The van der Waals surface area contributed by atoms with Gasteiger partial charge in [0.15, 0.2) is 0 Å². The minimum atomic E-state index is -0.484. The molecule has 1 aliphatic rings. The summed E-state index contributed by atoms with van der Waals surface area (Å²) < 4.78 is 5.49. The Bertz CT molecular complexity index is 1180. The van der Waals surface area contributed by atoms with Gasteiger partial charge in [-0.25, -0.2) is 14.6 Å². The lowest BCUT2D eigenvalue weighted by Crippen LogP contribution is -2.41. The van der Waals surface area contributed by atoms with E-state index in [9.17, 15) is 9.59 Å². The van der Waals surface area contributed by atoms with Gasteiger partial charge in [-0.3, -0.25) is 0 Å². The standard InChI is InChI=1S/C26H29ClN4O3S/c1-26(2,3)34-25(33)31-14-12-18(13-15-31)23-28-16-22(35-23)17-8-10-19(11-9-17)29-24(32)30-21-7-5-4-6-20(21)27/h4-11,16,18H,12-15H2,1-3H3,(H2,29,30,32). The van der Waals surface area contributed by atoms with Crippen LogP contribution in [0.5, 0.6) is 0 Å². The number of ether oxygens (including phenoxy) is 1. The molecule has 1 aliphatic heterocycles. The van der Waals surface area contributed by atoms with Gasteiger partial charge in [-0.15, -0.1) is 11.3 Å². The highest BCUT2D eigenvalue weighted by Crippen LogP contribution is 2.35. The van der Waals surface area contributed by atoms with E-state index in [2.05, 4.69) is 15.6 Å². The fourth-order valence-corrected chi connectivity index (χ4v) is 5.09. The second kappa shape index (κ2) is 10.7. The van der Waals surface area contributed by atoms with E-state index in [4.69, 9.17) is 16.3 Å². The first-order valence-corrected chi connectivity index (χ1v) is 12.7. The number of likely N-dealkylation sites (tertiary alicyclic amines) is 1. The Morgan fingerprint density at radius 2 is 1.74 bits per heavy atom. The first-order chi connectivity index (χ1) is 16.7. The van der Waals surface area contributed by atoms with E-state index in [0.717, 1.165) is 28.3 Å². The van der Waals surface area contributed by atoms with Crippen LogP contribution in [0.3, 0.4) is 0 Å².